The maximum Gasteiger partial charge on any atom is 0.252 e. The van der Waals surface area contributed by atoms with Gasteiger partial charge in [0.1, 0.15) is 18.0 Å². The standard InChI is InChI=1S/C17H28N4O4/c1-12-19-9-13(10-20-12)25-11-15(22)14(7-5-6-8-18)21-16(23)17(2,3)24-4/h9-10,14H,5-8,11,18H2,1-4H3,(H,21,23)/t14-/m0/s1. The lowest BCUT2D eigenvalue weighted by Crippen LogP contribution is -2.51. The number of aromatic nitrogens is 2. The fourth-order valence-electron chi connectivity index (χ4n) is 1.94. The summed E-state index contributed by atoms with van der Waals surface area (Å²) in [6.07, 6.45) is 5.01. The zero-order chi connectivity index (χ0) is 18.9. The van der Waals surface area contributed by atoms with Crippen LogP contribution in [0.25, 0.3) is 0 Å². The van der Waals surface area contributed by atoms with Crippen molar-refractivity contribution in [3.05, 3.63) is 18.2 Å². The highest BCUT2D eigenvalue weighted by atomic mass is 16.5. The van der Waals surface area contributed by atoms with Crippen LogP contribution in [0.4, 0.5) is 0 Å². The predicted molar refractivity (Wildman–Crippen MR) is 93.2 cm³/mol. The number of hydrogen-bond donors (Lipinski definition) is 2. The zero-order valence-electron chi connectivity index (χ0n) is 15.4. The van der Waals surface area contributed by atoms with E-state index < -0.39 is 11.6 Å². The van der Waals surface area contributed by atoms with Crippen molar-refractivity contribution in [2.75, 3.05) is 20.3 Å². The highest BCUT2D eigenvalue weighted by Gasteiger charge is 2.31. The summed E-state index contributed by atoms with van der Waals surface area (Å²) in [7, 11) is 1.45. The SMILES string of the molecule is COC(C)(C)C(=O)N[C@@H](CCCCN)C(=O)COc1cnc(C)nc1. The number of hydrogen-bond acceptors (Lipinski definition) is 7. The molecule has 0 unspecified atom stereocenters. The van der Waals surface area contributed by atoms with Gasteiger partial charge >= 0.3 is 0 Å². The first-order valence-corrected chi connectivity index (χ1v) is 8.30. The molecule has 0 saturated carbocycles. The normalized spacial score (nSPS) is 12.5. The lowest BCUT2D eigenvalue weighted by Gasteiger charge is -2.25. The first-order chi connectivity index (χ1) is 11.8. The van der Waals surface area contributed by atoms with Crippen LogP contribution < -0.4 is 15.8 Å². The molecule has 0 spiro atoms. The number of nitrogens with zero attached hydrogens (tertiary/aromatic N) is 2. The Morgan fingerprint density at radius 2 is 1.92 bits per heavy atom. The van der Waals surface area contributed by atoms with Crippen LogP contribution in [0.5, 0.6) is 5.75 Å². The van der Waals surface area contributed by atoms with E-state index >= 15 is 0 Å². The van der Waals surface area contributed by atoms with Gasteiger partial charge < -0.3 is 20.5 Å². The Balaban J connectivity index is 2.67. The Morgan fingerprint density at radius 3 is 2.48 bits per heavy atom. The Morgan fingerprint density at radius 1 is 1.28 bits per heavy atom. The number of nitrogens with one attached hydrogen (secondary N) is 1. The van der Waals surface area contributed by atoms with Crippen LogP contribution in [-0.4, -0.2) is 53.6 Å². The van der Waals surface area contributed by atoms with Crippen molar-refractivity contribution in [2.24, 2.45) is 5.73 Å². The summed E-state index contributed by atoms with van der Waals surface area (Å²) in [5, 5.41) is 2.75. The molecule has 3 N–H and O–H groups in total. The third kappa shape index (κ3) is 7.15. The lowest BCUT2D eigenvalue weighted by atomic mass is 10.0. The Bertz CT molecular complexity index is 560. The van der Waals surface area contributed by atoms with Gasteiger partial charge in [-0.1, -0.05) is 0 Å². The zero-order valence-corrected chi connectivity index (χ0v) is 15.4. The number of methoxy groups -OCH3 is 1. The van der Waals surface area contributed by atoms with Gasteiger partial charge in [-0.25, -0.2) is 9.97 Å². The monoisotopic (exact) mass is 352 g/mol. The summed E-state index contributed by atoms with van der Waals surface area (Å²) in [4.78, 5) is 32.8. The molecule has 140 valence electrons. The molecule has 8 heteroatoms. The van der Waals surface area contributed by atoms with Gasteiger partial charge in [0.05, 0.1) is 18.4 Å². The Hall–Kier alpha value is -2.06. The maximum atomic E-state index is 12.5. The molecule has 1 amide bonds. The number of Topliss-reactive ketones (excluding diaryl/α,β-unsaturated/α-hetero) is 1. The molecule has 25 heavy (non-hydrogen) atoms. The molecule has 1 rings (SSSR count). The van der Waals surface area contributed by atoms with Crippen molar-refractivity contribution in [1.82, 2.24) is 15.3 Å². The minimum absolute atomic E-state index is 0.173. The van der Waals surface area contributed by atoms with Crippen molar-refractivity contribution >= 4 is 11.7 Å². The molecule has 0 aromatic carbocycles. The quantitative estimate of drug-likeness (QED) is 0.565. The second-order valence-corrected chi connectivity index (χ2v) is 6.25. The number of aryl methyl sites for hydroxylation is 1. The molecule has 1 aromatic rings. The van der Waals surface area contributed by atoms with Crippen molar-refractivity contribution in [3.63, 3.8) is 0 Å². The third-order valence-corrected chi connectivity index (χ3v) is 3.84. The van der Waals surface area contributed by atoms with E-state index in [-0.39, 0.29) is 18.3 Å². The number of rotatable bonds is 11. The van der Waals surface area contributed by atoms with E-state index in [0.29, 0.717) is 24.5 Å². The minimum atomic E-state index is -1.02. The van der Waals surface area contributed by atoms with Crippen LogP contribution in [0, 0.1) is 6.92 Å². The van der Waals surface area contributed by atoms with Crippen molar-refractivity contribution in [2.45, 2.75) is 51.7 Å². The molecule has 1 aromatic heterocycles. The summed E-state index contributed by atoms with van der Waals surface area (Å²) >= 11 is 0. The smallest absolute Gasteiger partial charge is 0.252 e. The summed E-state index contributed by atoms with van der Waals surface area (Å²) in [5.41, 5.74) is 4.48. The van der Waals surface area contributed by atoms with Gasteiger partial charge in [-0.3, -0.25) is 9.59 Å². The largest absolute Gasteiger partial charge is 0.483 e. The highest BCUT2D eigenvalue weighted by Crippen LogP contribution is 2.11. The average Bonchev–Trinajstić information content (AvgIpc) is 2.60. The number of amides is 1. The highest BCUT2D eigenvalue weighted by molar-refractivity contribution is 5.92. The second kappa shape index (κ2) is 10.0. The van der Waals surface area contributed by atoms with Gasteiger partial charge in [-0.2, -0.15) is 0 Å². The molecule has 0 fully saturated rings. The number of ether oxygens (including phenoxy) is 2. The van der Waals surface area contributed by atoms with E-state index in [2.05, 4.69) is 15.3 Å². The molecular formula is C17H28N4O4. The summed E-state index contributed by atoms with van der Waals surface area (Å²) in [6, 6.07) is -0.653. The van der Waals surface area contributed by atoms with Crippen LogP contribution in [0.1, 0.15) is 38.9 Å². The number of carbonyl (C=O) groups excluding carboxylic acids is 2. The van der Waals surface area contributed by atoms with E-state index in [1.54, 1.807) is 20.8 Å². The van der Waals surface area contributed by atoms with E-state index in [4.69, 9.17) is 15.2 Å². The van der Waals surface area contributed by atoms with Crippen molar-refractivity contribution in [1.29, 1.82) is 0 Å². The number of carbonyl (C=O) groups is 2. The van der Waals surface area contributed by atoms with Gasteiger partial charge in [0.2, 0.25) is 0 Å². The van der Waals surface area contributed by atoms with E-state index in [0.717, 1.165) is 12.8 Å². The van der Waals surface area contributed by atoms with Crippen LogP contribution in [0.2, 0.25) is 0 Å². The topological polar surface area (TPSA) is 116 Å². The molecule has 1 atom stereocenters. The van der Waals surface area contributed by atoms with E-state index in [1.807, 2.05) is 0 Å². The first kappa shape index (κ1) is 21.0. The lowest BCUT2D eigenvalue weighted by molar-refractivity contribution is -0.142. The summed E-state index contributed by atoms with van der Waals surface area (Å²) < 4.78 is 10.6. The van der Waals surface area contributed by atoms with Gasteiger partial charge in [0.25, 0.3) is 5.91 Å². The molecular weight excluding hydrogens is 324 g/mol. The minimum Gasteiger partial charge on any atom is -0.483 e. The number of ketones is 1. The Kier molecular flexibility index (Phi) is 8.44. The molecule has 0 aliphatic heterocycles. The molecule has 0 radical (unpaired) electrons. The predicted octanol–water partition coefficient (Wildman–Crippen LogP) is 0.772. The molecule has 0 bridgehead atoms. The van der Waals surface area contributed by atoms with Crippen LogP contribution in [0.15, 0.2) is 12.4 Å². The molecule has 1 heterocycles. The van der Waals surface area contributed by atoms with Gasteiger partial charge in [-0.05, 0) is 46.6 Å². The number of unbranched alkanes of at least 4 members (excludes halogenated alkanes) is 1. The second-order valence-electron chi connectivity index (χ2n) is 6.25. The van der Waals surface area contributed by atoms with Crippen molar-refractivity contribution < 1.29 is 19.1 Å². The number of nitrogens with two attached hydrogens (primary N) is 1. The first-order valence-electron chi connectivity index (χ1n) is 8.30. The summed E-state index contributed by atoms with van der Waals surface area (Å²) in [5.74, 6) is 0.452. The van der Waals surface area contributed by atoms with Crippen LogP contribution in [0.3, 0.4) is 0 Å². The van der Waals surface area contributed by atoms with Gasteiger partial charge in [0.15, 0.2) is 11.5 Å². The van der Waals surface area contributed by atoms with E-state index in [1.165, 1.54) is 19.5 Å². The van der Waals surface area contributed by atoms with Gasteiger partial charge in [0, 0.05) is 7.11 Å². The molecule has 0 saturated heterocycles. The fourth-order valence-corrected chi connectivity index (χ4v) is 1.94. The molecule has 0 aliphatic carbocycles. The van der Waals surface area contributed by atoms with Crippen LogP contribution >= 0.6 is 0 Å². The summed E-state index contributed by atoms with van der Waals surface area (Å²) in [6.45, 7) is 5.41. The third-order valence-electron chi connectivity index (χ3n) is 3.84. The van der Waals surface area contributed by atoms with Crippen molar-refractivity contribution in [3.8, 4) is 5.75 Å². The van der Waals surface area contributed by atoms with E-state index in [9.17, 15) is 9.59 Å². The van der Waals surface area contributed by atoms with Gasteiger partial charge in [-0.15, -0.1) is 0 Å². The Labute approximate surface area is 148 Å². The van der Waals surface area contributed by atoms with Crippen LogP contribution in [-0.2, 0) is 14.3 Å². The molecule has 0 aliphatic rings. The average molecular weight is 352 g/mol. The maximum absolute atomic E-state index is 12.5. The molecule has 8 nitrogen and oxygen atoms in total. The fraction of sp³-hybridized carbons (Fsp3) is 0.647.